The van der Waals surface area contributed by atoms with E-state index < -0.39 is 0 Å². The maximum atomic E-state index is 3.58. The average Bonchev–Trinajstić information content (AvgIpc) is 2.54. The first-order valence-electron chi connectivity index (χ1n) is 5.75. The molecule has 2 fully saturated rings. The third kappa shape index (κ3) is 2.88. The maximum Gasteiger partial charge on any atom is 0.0231 e. The van der Waals surface area contributed by atoms with E-state index in [1.165, 1.54) is 44.8 Å². The van der Waals surface area contributed by atoms with Crippen molar-refractivity contribution < 1.29 is 0 Å². The van der Waals surface area contributed by atoms with E-state index in [4.69, 9.17) is 0 Å². The quantitative estimate of drug-likeness (QED) is 0.751. The summed E-state index contributed by atoms with van der Waals surface area (Å²) in [4.78, 5) is 2.64. The van der Waals surface area contributed by atoms with E-state index in [2.05, 4.69) is 35.8 Å². The highest BCUT2D eigenvalue weighted by Crippen LogP contribution is 2.29. The molecule has 0 bridgehead atoms. The molecule has 0 aliphatic carbocycles. The largest absolute Gasteiger partial charge is 0.313 e. The first-order valence-corrected chi connectivity index (χ1v) is 6.74. The Balaban J connectivity index is 1.79. The van der Waals surface area contributed by atoms with Gasteiger partial charge in [-0.2, -0.15) is 11.8 Å². The number of thioether (sulfide) groups is 1. The molecule has 1 N–H and O–H groups in total. The number of rotatable bonds is 2. The van der Waals surface area contributed by atoms with Crippen molar-refractivity contribution in [1.29, 1.82) is 0 Å². The summed E-state index contributed by atoms with van der Waals surface area (Å²) in [7, 11) is 0. The standard InChI is InChI=1S/C11H22N2S/c1-11(2)9-13(6-7-14-11)8-10-4-3-5-12-10/h10,12H,3-9H2,1-2H3/t10-/m0/s1. The third-order valence-corrected chi connectivity index (χ3v) is 4.44. The van der Waals surface area contributed by atoms with Crippen LogP contribution in [0.15, 0.2) is 0 Å². The smallest absolute Gasteiger partial charge is 0.0231 e. The highest BCUT2D eigenvalue weighted by molar-refractivity contribution is 8.00. The summed E-state index contributed by atoms with van der Waals surface area (Å²) in [6, 6.07) is 0.772. The minimum Gasteiger partial charge on any atom is -0.313 e. The van der Waals surface area contributed by atoms with Gasteiger partial charge in [0.15, 0.2) is 0 Å². The molecule has 0 unspecified atom stereocenters. The van der Waals surface area contributed by atoms with Gasteiger partial charge in [-0.3, -0.25) is 4.90 Å². The number of hydrogen-bond acceptors (Lipinski definition) is 3. The normalized spacial score (nSPS) is 33.4. The molecule has 2 rings (SSSR count). The minimum atomic E-state index is 0.469. The van der Waals surface area contributed by atoms with Gasteiger partial charge in [0.05, 0.1) is 0 Å². The Hall–Kier alpha value is 0.270. The van der Waals surface area contributed by atoms with Crippen LogP contribution in [0.1, 0.15) is 26.7 Å². The number of nitrogens with zero attached hydrogens (tertiary/aromatic N) is 1. The Bertz CT molecular complexity index is 188. The minimum absolute atomic E-state index is 0.469. The first kappa shape index (κ1) is 10.8. The van der Waals surface area contributed by atoms with Crippen LogP contribution in [0.25, 0.3) is 0 Å². The summed E-state index contributed by atoms with van der Waals surface area (Å²) >= 11 is 2.12. The van der Waals surface area contributed by atoms with Gasteiger partial charge in [-0.1, -0.05) is 0 Å². The van der Waals surface area contributed by atoms with Crippen LogP contribution < -0.4 is 5.32 Å². The Morgan fingerprint density at radius 3 is 3.00 bits per heavy atom. The fourth-order valence-electron chi connectivity index (χ4n) is 2.49. The van der Waals surface area contributed by atoms with Gasteiger partial charge in [0.2, 0.25) is 0 Å². The van der Waals surface area contributed by atoms with Crippen LogP contribution in [-0.2, 0) is 0 Å². The highest BCUT2D eigenvalue weighted by atomic mass is 32.2. The van der Waals surface area contributed by atoms with E-state index in [1.54, 1.807) is 0 Å². The van der Waals surface area contributed by atoms with Crippen molar-refractivity contribution in [2.75, 3.05) is 31.9 Å². The van der Waals surface area contributed by atoms with Crippen molar-refractivity contribution in [2.24, 2.45) is 0 Å². The Morgan fingerprint density at radius 1 is 1.50 bits per heavy atom. The van der Waals surface area contributed by atoms with Gasteiger partial charge in [0.1, 0.15) is 0 Å². The first-order chi connectivity index (χ1) is 6.66. The molecular weight excluding hydrogens is 192 g/mol. The van der Waals surface area contributed by atoms with Crippen LogP contribution in [0.4, 0.5) is 0 Å². The van der Waals surface area contributed by atoms with Crippen LogP contribution >= 0.6 is 11.8 Å². The van der Waals surface area contributed by atoms with E-state index in [0.29, 0.717) is 4.75 Å². The molecule has 0 saturated carbocycles. The Morgan fingerprint density at radius 2 is 2.36 bits per heavy atom. The van der Waals surface area contributed by atoms with E-state index in [1.807, 2.05) is 0 Å². The molecule has 2 heterocycles. The monoisotopic (exact) mass is 214 g/mol. The second kappa shape index (κ2) is 4.42. The van der Waals surface area contributed by atoms with Crippen molar-refractivity contribution in [3.8, 4) is 0 Å². The summed E-state index contributed by atoms with van der Waals surface area (Å²) in [5.41, 5.74) is 0. The van der Waals surface area contributed by atoms with Gasteiger partial charge < -0.3 is 5.32 Å². The molecule has 2 nitrogen and oxygen atoms in total. The number of nitrogens with one attached hydrogen (secondary N) is 1. The molecular formula is C11H22N2S. The fourth-order valence-corrected chi connectivity index (χ4v) is 3.67. The topological polar surface area (TPSA) is 15.3 Å². The molecule has 0 amide bonds. The Kier molecular flexibility index (Phi) is 3.40. The van der Waals surface area contributed by atoms with Crippen molar-refractivity contribution in [3.63, 3.8) is 0 Å². The molecule has 0 aromatic rings. The highest BCUT2D eigenvalue weighted by Gasteiger charge is 2.28. The lowest BCUT2D eigenvalue weighted by molar-refractivity contribution is 0.238. The molecule has 2 saturated heterocycles. The molecule has 2 aliphatic heterocycles. The summed E-state index contributed by atoms with van der Waals surface area (Å²) in [6.45, 7) is 9.78. The summed E-state index contributed by atoms with van der Waals surface area (Å²) < 4.78 is 0.469. The summed E-state index contributed by atoms with van der Waals surface area (Å²) in [5, 5.41) is 3.58. The predicted octanol–water partition coefficient (Wildman–Crippen LogP) is 1.57. The molecule has 0 spiro atoms. The van der Waals surface area contributed by atoms with Crippen molar-refractivity contribution in [2.45, 2.75) is 37.5 Å². The molecule has 0 radical (unpaired) electrons. The zero-order valence-corrected chi connectivity index (χ0v) is 10.2. The lowest BCUT2D eigenvalue weighted by atomic mass is 10.1. The van der Waals surface area contributed by atoms with Crippen molar-refractivity contribution >= 4 is 11.8 Å². The summed E-state index contributed by atoms with van der Waals surface area (Å²) in [6.07, 6.45) is 2.75. The summed E-state index contributed by atoms with van der Waals surface area (Å²) in [5.74, 6) is 1.31. The molecule has 3 heteroatoms. The molecule has 2 aliphatic rings. The van der Waals surface area contributed by atoms with Crippen molar-refractivity contribution in [3.05, 3.63) is 0 Å². The van der Waals surface area contributed by atoms with Crippen LogP contribution in [-0.4, -0.2) is 47.6 Å². The number of hydrogen-bond donors (Lipinski definition) is 1. The van der Waals surface area contributed by atoms with Crippen molar-refractivity contribution in [1.82, 2.24) is 10.2 Å². The van der Waals surface area contributed by atoms with Gasteiger partial charge in [0.25, 0.3) is 0 Å². The average molecular weight is 214 g/mol. The van der Waals surface area contributed by atoms with Gasteiger partial charge in [0, 0.05) is 36.2 Å². The lowest BCUT2D eigenvalue weighted by Gasteiger charge is -2.38. The molecule has 14 heavy (non-hydrogen) atoms. The van der Waals surface area contributed by atoms with Crippen LogP contribution in [0.2, 0.25) is 0 Å². The fraction of sp³-hybridized carbons (Fsp3) is 1.00. The van der Waals surface area contributed by atoms with E-state index >= 15 is 0 Å². The molecule has 1 atom stereocenters. The molecule has 82 valence electrons. The zero-order valence-electron chi connectivity index (χ0n) is 9.38. The van der Waals surface area contributed by atoms with Gasteiger partial charge in [-0.25, -0.2) is 0 Å². The molecule has 0 aromatic heterocycles. The lowest BCUT2D eigenvalue weighted by Crippen LogP contribution is -2.47. The van der Waals surface area contributed by atoms with Crippen LogP contribution in [0.5, 0.6) is 0 Å². The second-order valence-corrected chi connectivity index (χ2v) is 6.94. The van der Waals surface area contributed by atoms with Crippen LogP contribution in [0, 0.1) is 0 Å². The molecule has 0 aromatic carbocycles. The Labute approximate surface area is 91.8 Å². The van der Waals surface area contributed by atoms with Gasteiger partial charge in [-0.15, -0.1) is 0 Å². The van der Waals surface area contributed by atoms with E-state index in [-0.39, 0.29) is 0 Å². The third-order valence-electron chi connectivity index (χ3n) is 3.15. The van der Waals surface area contributed by atoms with Gasteiger partial charge >= 0.3 is 0 Å². The van der Waals surface area contributed by atoms with E-state index in [0.717, 1.165) is 6.04 Å². The van der Waals surface area contributed by atoms with Gasteiger partial charge in [-0.05, 0) is 33.2 Å². The SMILES string of the molecule is CC1(C)CN(C[C@@H]2CCCN2)CCS1. The zero-order chi connectivity index (χ0) is 10.0. The maximum absolute atomic E-state index is 3.58. The van der Waals surface area contributed by atoms with Crippen LogP contribution in [0.3, 0.4) is 0 Å². The predicted molar refractivity (Wildman–Crippen MR) is 64.0 cm³/mol. The second-order valence-electron chi connectivity index (χ2n) is 5.14. The van der Waals surface area contributed by atoms with E-state index in [9.17, 15) is 0 Å².